The molecule has 1 aliphatic rings. The highest BCUT2D eigenvalue weighted by Gasteiger charge is 2.28. The summed E-state index contributed by atoms with van der Waals surface area (Å²) >= 11 is 3.49. The van der Waals surface area contributed by atoms with Crippen LogP contribution >= 0.6 is 15.9 Å². The highest BCUT2D eigenvalue weighted by Crippen LogP contribution is 2.31. The lowest BCUT2D eigenvalue weighted by Crippen LogP contribution is -2.23. The van der Waals surface area contributed by atoms with E-state index in [9.17, 15) is 9.59 Å². The fourth-order valence-electron chi connectivity index (χ4n) is 4.27. The molecule has 2 heterocycles. The number of furan rings is 1. The highest BCUT2D eigenvalue weighted by atomic mass is 79.9. The zero-order chi connectivity index (χ0) is 24.5. The van der Waals surface area contributed by atoms with E-state index >= 15 is 0 Å². The number of carbonyl (C=O) groups is 2. The number of carbonyl (C=O) groups excluding carboxylic acids is 2. The Hall–Kier alpha value is -3.78. The first-order valence-corrected chi connectivity index (χ1v) is 12.1. The predicted octanol–water partition coefficient (Wildman–Crippen LogP) is 5.93. The summed E-state index contributed by atoms with van der Waals surface area (Å²) in [4.78, 5) is 30.2. The van der Waals surface area contributed by atoms with E-state index < -0.39 is 5.91 Å². The third-order valence-corrected chi connectivity index (χ3v) is 6.68. The third-order valence-electron chi connectivity index (χ3n) is 6.03. The summed E-state index contributed by atoms with van der Waals surface area (Å²) in [5.74, 6) is 0.238. The molecule has 7 nitrogen and oxygen atoms in total. The minimum absolute atomic E-state index is 0.250. The van der Waals surface area contributed by atoms with Gasteiger partial charge in [0.05, 0.1) is 16.9 Å². The molecule has 35 heavy (non-hydrogen) atoms. The number of para-hydroxylation sites is 1. The SMILES string of the molecule is Cc1ccc(NC(=O)c2oc3c(c2C)/C(=N/NC(=O)c2ccc4ccccc4n2)CCC3)c(Br)c1. The summed E-state index contributed by atoms with van der Waals surface area (Å²) in [7, 11) is 0. The van der Waals surface area contributed by atoms with E-state index in [1.54, 1.807) is 6.07 Å². The molecule has 2 aromatic carbocycles. The maximum Gasteiger partial charge on any atom is 0.291 e. The lowest BCUT2D eigenvalue weighted by atomic mass is 9.93. The van der Waals surface area contributed by atoms with Crippen LogP contribution in [0.4, 0.5) is 5.69 Å². The van der Waals surface area contributed by atoms with Crippen LogP contribution in [0.3, 0.4) is 0 Å². The van der Waals surface area contributed by atoms with Gasteiger partial charge in [-0.25, -0.2) is 10.4 Å². The average molecular weight is 531 g/mol. The van der Waals surface area contributed by atoms with E-state index in [-0.39, 0.29) is 17.4 Å². The normalized spacial score (nSPS) is 14.1. The molecule has 0 radical (unpaired) electrons. The van der Waals surface area contributed by atoms with Crippen LogP contribution in [0.5, 0.6) is 0 Å². The minimum Gasteiger partial charge on any atom is -0.455 e. The van der Waals surface area contributed by atoms with E-state index in [2.05, 4.69) is 36.8 Å². The zero-order valence-corrected chi connectivity index (χ0v) is 20.9. The van der Waals surface area contributed by atoms with Gasteiger partial charge in [-0.1, -0.05) is 30.3 Å². The van der Waals surface area contributed by atoms with Crippen LogP contribution < -0.4 is 10.7 Å². The number of hydrogen-bond acceptors (Lipinski definition) is 5. The molecule has 0 fully saturated rings. The largest absolute Gasteiger partial charge is 0.455 e. The van der Waals surface area contributed by atoms with Gasteiger partial charge in [0.2, 0.25) is 0 Å². The van der Waals surface area contributed by atoms with Crippen molar-refractivity contribution < 1.29 is 14.0 Å². The molecule has 5 rings (SSSR count). The first kappa shape index (κ1) is 23.0. The monoisotopic (exact) mass is 530 g/mol. The molecule has 0 unspecified atom stereocenters. The Morgan fingerprint density at radius 3 is 2.69 bits per heavy atom. The Kier molecular flexibility index (Phi) is 6.21. The van der Waals surface area contributed by atoms with E-state index in [0.717, 1.165) is 32.9 Å². The van der Waals surface area contributed by atoms with Crippen LogP contribution in [-0.4, -0.2) is 22.5 Å². The van der Waals surface area contributed by atoms with Gasteiger partial charge in [-0.2, -0.15) is 5.10 Å². The second kappa shape index (κ2) is 9.46. The number of nitrogens with one attached hydrogen (secondary N) is 2. The van der Waals surface area contributed by atoms with Gasteiger partial charge in [-0.05, 0) is 72.4 Å². The molecule has 176 valence electrons. The number of benzene rings is 2. The Morgan fingerprint density at radius 2 is 1.86 bits per heavy atom. The molecule has 0 spiro atoms. The lowest BCUT2D eigenvalue weighted by molar-refractivity contribution is 0.0949. The van der Waals surface area contributed by atoms with Gasteiger partial charge in [-0.3, -0.25) is 9.59 Å². The molecule has 0 atom stereocenters. The summed E-state index contributed by atoms with van der Waals surface area (Å²) < 4.78 is 6.77. The van der Waals surface area contributed by atoms with Crippen LogP contribution in [0, 0.1) is 13.8 Å². The number of nitrogens with zero attached hydrogens (tertiary/aromatic N) is 2. The van der Waals surface area contributed by atoms with E-state index in [0.29, 0.717) is 35.6 Å². The van der Waals surface area contributed by atoms with E-state index in [4.69, 9.17) is 4.42 Å². The fourth-order valence-corrected chi connectivity index (χ4v) is 4.86. The highest BCUT2D eigenvalue weighted by molar-refractivity contribution is 9.10. The van der Waals surface area contributed by atoms with Gasteiger partial charge in [0, 0.05) is 27.4 Å². The number of hydrazone groups is 1. The number of anilines is 1. The Morgan fingerprint density at radius 1 is 1.03 bits per heavy atom. The summed E-state index contributed by atoms with van der Waals surface area (Å²) in [6.07, 6.45) is 2.19. The molecule has 1 aliphatic carbocycles. The smallest absolute Gasteiger partial charge is 0.291 e. The molecule has 2 amide bonds. The number of amides is 2. The van der Waals surface area contributed by atoms with Crippen LogP contribution in [0.15, 0.2) is 68.6 Å². The van der Waals surface area contributed by atoms with Gasteiger partial charge in [0.1, 0.15) is 11.5 Å². The number of aryl methyl sites for hydroxylation is 2. The lowest BCUT2D eigenvalue weighted by Gasteiger charge is -2.13. The molecule has 2 N–H and O–H groups in total. The van der Waals surface area contributed by atoms with Gasteiger partial charge in [0.15, 0.2) is 5.76 Å². The number of fused-ring (bicyclic) bond motifs is 2. The number of rotatable bonds is 4. The number of hydrogen-bond donors (Lipinski definition) is 2. The average Bonchev–Trinajstić information content (AvgIpc) is 3.21. The quantitative estimate of drug-likeness (QED) is 0.319. The van der Waals surface area contributed by atoms with Gasteiger partial charge < -0.3 is 9.73 Å². The van der Waals surface area contributed by atoms with Gasteiger partial charge in [-0.15, -0.1) is 0 Å². The third kappa shape index (κ3) is 4.61. The summed E-state index contributed by atoms with van der Waals surface area (Å²) in [6, 6.07) is 16.9. The van der Waals surface area contributed by atoms with Crippen molar-refractivity contribution in [2.45, 2.75) is 33.1 Å². The molecule has 8 heteroatoms. The van der Waals surface area contributed by atoms with Crippen LogP contribution in [0.25, 0.3) is 10.9 Å². The van der Waals surface area contributed by atoms with Crippen LogP contribution in [0.1, 0.15) is 56.3 Å². The topological polar surface area (TPSA) is 96.6 Å². The minimum atomic E-state index is -0.390. The maximum atomic E-state index is 13.0. The second-order valence-electron chi connectivity index (χ2n) is 8.53. The van der Waals surface area contributed by atoms with E-state index in [1.807, 2.05) is 62.4 Å². The van der Waals surface area contributed by atoms with Gasteiger partial charge in [0.25, 0.3) is 11.8 Å². The Labute approximate surface area is 210 Å². The molecular formula is C27H23BrN4O3. The summed E-state index contributed by atoms with van der Waals surface area (Å²) in [5, 5.41) is 8.27. The Bertz CT molecular complexity index is 1510. The van der Waals surface area contributed by atoms with Crippen molar-refractivity contribution in [1.29, 1.82) is 0 Å². The molecule has 0 saturated carbocycles. The number of halogens is 1. The predicted molar refractivity (Wildman–Crippen MR) is 139 cm³/mol. The number of aromatic nitrogens is 1. The van der Waals surface area contributed by atoms with Crippen molar-refractivity contribution in [3.8, 4) is 0 Å². The molecule has 2 aromatic heterocycles. The van der Waals surface area contributed by atoms with Crippen LogP contribution in [0.2, 0.25) is 0 Å². The summed E-state index contributed by atoms with van der Waals surface area (Å²) in [6.45, 7) is 3.83. The van der Waals surface area contributed by atoms with Crippen molar-refractivity contribution in [1.82, 2.24) is 10.4 Å². The molecule has 4 aromatic rings. The standard InChI is InChI=1S/C27H23BrN4O3/c1-15-10-12-20(18(28)14-15)30-27(34)25-16(2)24-21(8-5-9-23(24)35-25)31-32-26(33)22-13-11-17-6-3-4-7-19(17)29-22/h3-4,6-7,10-14H,5,8-9H2,1-2H3,(H,30,34)(H,32,33)/b31-21+. The summed E-state index contributed by atoms with van der Waals surface area (Å²) in [5.41, 5.74) is 7.60. The molecular weight excluding hydrogens is 508 g/mol. The van der Waals surface area contributed by atoms with Crippen molar-refractivity contribution >= 4 is 50.0 Å². The Balaban J connectivity index is 1.38. The second-order valence-corrected chi connectivity index (χ2v) is 9.39. The van der Waals surface area contributed by atoms with Crippen LogP contribution in [-0.2, 0) is 6.42 Å². The molecule has 0 aliphatic heterocycles. The fraction of sp³-hybridized carbons (Fsp3) is 0.185. The molecule has 0 bridgehead atoms. The van der Waals surface area contributed by atoms with Crippen molar-refractivity contribution in [3.05, 3.63) is 93.0 Å². The number of pyridine rings is 1. The molecule has 0 saturated heterocycles. The first-order chi connectivity index (χ1) is 16.9. The van der Waals surface area contributed by atoms with Gasteiger partial charge >= 0.3 is 0 Å². The first-order valence-electron chi connectivity index (χ1n) is 11.3. The zero-order valence-electron chi connectivity index (χ0n) is 19.3. The van der Waals surface area contributed by atoms with E-state index in [1.165, 1.54) is 0 Å². The maximum absolute atomic E-state index is 13.0. The van der Waals surface area contributed by atoms with Crippen molar-refractivity contribution in [3.63, 3.8) is 0 Å². The van der Waals surface area contributed by atoms with Crippen molar-refractivity contribution in [2.75, 3.05) is 5.32 Å². The van der Waals surface area contributed by atoms with Crippen molar-refractivity contribution in [2.24, 2.45) is 5.10 Å².